The zero-order valence-corrected chi connectivity index (χ0v) is 13.3. The van der Waals surface area contributed by atoms with Gasteiger partial charge in [-0.2, -0.15) is 0 Å². The van der Waals surface area contributed by atoms with Crippen LogP contribution in [0.25, 0.3) is 10.9 Å². The Morgan fingerprint density at radius 3 is 2.89 bits per heavy atom. The van der Waals surface area contributed by atoms with Crippen LogP contribution in [0.3, 0.4) is 0 Å². The second-order valence-electron chi connectivity index (χ2n) is 4.92. The monoisotopic (exact) mass is 342 g/mol. The quantitative estimate of drug-likeness (QED) is 0.900. The number of fused-ring (bicyclic) bond motifs is 1. The van der Waals surface area contributed by atoms with E-state index in [4.69, 9.17) is 16.3 Å². The molecule has 19 heavy (non-hydrogen) atoms. The average Bonchev–Trinajstić information content (AvgIpc) is 2.99. The van der Waals surface area contributed by atoms with Gasteiger partial charge >= 0.3 is 0 Å². The summed E-state index contributed by atoms with van der Waals surface area (Å²) >= 11 is 10.1. The fourth-order valence-corrected chi connectivity index (χ4v) is 4.34. The average molecular weight is 344 g/mol. The lowest BCUT2D eigenvalue weighted by Gasteiger charge is -2.12. The number of hydrogen-bond donors (Lipinski definition) is 1. The first-order valence-electron chi connectivity index (χ1n) is 6.36. The summed E-state index contributed by atoms with van der Waals surface area (Å²) in [7, 11) is 3.78. The molecule has 0 radical (unpaired) electrons. The maximum Gasteiger partial charge on any atom is 0.143 e. The third-order valence-corrected chi connectivity index (χ3v) is 5.02. The van der Waals surface area contributed by atoms with Gasteiger partial charge in [0.05, 0.1) is 17.6 Å². The van der Waals surface area contributed by atoms with Gasteiger partial charge in [0, 0.05) is 35.1 Å². The van der Waals surface area contributed by atoms with Gasteiger partial charge in [0.2, 0.25) is 0 Å². The van der Waals surface area contributed by atoms with Crippen LogP contribution in [-0.4, -0.2) is 24.8 Å². The number of aryl methyl sites for hydroxylation is 1. The summed E-state index contributed by atoms with van der Waals surface area (Å²) in [4.78, 5) is 0. The molecular formula is C14H16BrClN2O. The minimum atomic E-state index is 0.521. The van der Waals surface area contributed by atoms with Crippen molar-refractivity contribution < 1.29 is 4.74 Å². The van der Waals surface area contributed by atoms with E-state index in [1.807, 2.05) is 12.1 Å². The molecule has 2 heterocycles. The minimum absolute atomic E-state index is 0.521. The molecule has 2 aromatic rings. The van der Waals surface area contributed by atoms with E-state index < -0.39 is 0 Å². The molecule has 1 aromatic carbocycles. The molecule has 1 fully saturated rings. The number of hydrogen-bond acceptors (Lipinski definition) is 2. The van der Waals surface area contributed by atoms with E-state index in [9.17, 15) is 0 Å². The number of halogens is 2. The van der Waals surface area contributed by atoms with E-state index in [0.29, 0.717) is 5.92 Å². The Morgan fingerprint density at radius 2 is 2.26 bits per heavy atom. The van der Waals surface area contributed by atoms with Crippen LogP contribution in [0, 0.1) is 0 Å². The first-order chi connectivity index (χ1) is 9.15. The number of nitrogens with zero attached hydrogens (tertiary/aromatic N) is 1. The fraction of sp³-hybridized carbons (Fsp3) is 0.429. The van der Waals surface area contributed by atoms with Crippen LogP contribution in [0.15, 0.2) is 16.6 Å². The van der Waals surface area contributed by atoms with Gasteiger partial charge in [-0.15, -0.1) is 0 Å². The molecule has 1 aliphatic heterocycles. The molecular weight excluding hydrogens is 328 g/mol. The number of nitrogens with one attached hydrogen (secondary N) is 1. The second kappa shape index (κ2) is 5.00. The second-order valence-corrected chi connectivity index (χ2v) is 6.12. The third-order valence-electron chi connectivity index (χ3n) is 3.90. The highest BCUT2D eigenvalue weighted by atomic mass is 79.9. The van der Waals surface area contributed by atoms with Gasteiger partial charge < -0.3 is 14.6 Å². The molecule has 1 N–H and O–H groups in total. The molecule has 1 saturated heterocycles. The van der Waals surface area contributed by atoms with Gasteiger partial charge in [0.25, 0.3) is 0 Å². The van der Waals surface area contributed by atoms with Crippen LogP contribution >= 0.6 is 27.5 Å². The normalized spacial score (nSPS) is 19.3. The molecule has 0 aliphatic carbocycles. The summed E-state index contributed by atoms with van der Waals surface area (Å²) < 4.78 is 8.79. The van der Waals surface area contributed by atoms with Gasteiger partial charge in [-0.1, -0.05) is 11.6 Å². The van der Waals surface area contributed by atoms with Crippen molar-refractivity contribution in [3.63, 3.8) is 0 Å². The highest BCUT2D eigenvalue weighted by Crippen LogP contribution is 2.43. The third kappa shape index (κ3) is 1.97. The van der Waals surface area contributed by atoms with Crippen LogP contribution in [0.4, 0.5) is 0 Å². The highest BCUT2D eigenvalue weighted by Gasteiger charge is 2.26. The van der Waals surface area contributed by atoms with Gasteiger partial charge in [0.1, 0.15) is 5.75 Å². The van der Waals surface area contributed by atoms with Crippen molar-refractivity contribution in [1.82, 2.24) is 9.88 Å². The minimum Gasteiger partial charge on any atom is -0.495 e. The highest BCUT2D eigenvalue weighted by molar-refractivity contribution is 9.10. The van der Waals surface area contributed by atoms with E-state index >= 15 is 0 Å². The van der Waals surface area contributed by atoms with Crippen molar-refractivity contribution in [1.29, 1.82) is 0 Å². The Kier molecular flexibility index (Phi) is 3.50. The van der Waals surface area contributed by atoms with E-state index in [-0.39, 0.29) is 0 Å². The molecule has 1 aromatic heterocycles. The van der Waals surface area contributed by atoms with E-state index in [0.717, 1.165) is 45.7 Å². The lowest BCUT2D eigenvalue weighted by Crippen LogP contribution is -2.10. The number of benzene rings is 1. The zero-order valence-electron chi connectivity index (χ0n) is 11.0. The van der Waals surface area contributed by atoms with Gasteiger partial charge in [0.15, 0.2) is 0 Å². The van der Waals surface area contributed by atoms with Crippen LogP contribution in [0.2, 0.25) is 5.02 Å². The molecule has 102 valence electrons. The molecule has 0 spiro atoms. The molecule has 1 atom stereocenters. The summed E-state index contributed by atoms with van der Waals surface area (Å²) in [6.07, 6.45) is 1.16. The fourth-order valence-electron chi connectivity index (χ4n) is 2.99. The van der Waals surface area contributed by atoms with Crippen LogP contribution in [0.1, 0.15) is 18.0 Å². The summed E-state index contributed by atoms with van der Waals surface area (Å²) in [6, 6.07) is 3.82. The summed E-state index contributed by atoms with van der Waals surface area (Å²) in [6.45, 7) is 2.09. The SMILES string of the molecule is COc1ccc(Cl)c2c(Br)c(C3CCNC3)n(C)c12. The lowest BCUT2D eigenvalue weighted by atomic mass is 10.0. The van der Waals surface area contributed by atoms with Crippen molar-refractivity contribution in [2.45, 2.75) is 12.3 Å². The number of aromatic nitrogens is 1. The Labute approximate surface area is 126 Å². The van der Waals surface area contributed by atoms with Crippen molar-refractivity contribution in [3.05, 3.63) is 27.3 Å². The van der Waals surface area contributed by atoms with E-state index in [1.165, 1.54) is 5.69 Å². The maximum atomic E-state index is 6.37. The maximum absolute atomic E-state index is 6.37. The van der Waals surface area contributed by atoms with Crippen LogP contribution < -0.4 is 10.1 Å². The Morgan fingerprint density at radius 1 is 1.47 bits per heavy atom. The van der Waals surface area contributed by atoms with Gasteiger partial charge in [-0.05, 0) is 41.0 Å². The first kappa shape index (κ1) is 13.3. The molecule has 0 saturated carbocycles. The van der Waals surface area contributed by atoms with E-state index in [2.05, 4.69) is 32.9 Å². The van der Waals surface area contributed by atoms with Crippen molar-refractivity contribution in [2.75, 3.05) is 20.2 Å². The van der Waals surface area contributed by atoms with Gasteiger partial charge in [-0.3, -0.25) is 0 Å². The summed E-state index contributed by atoms with van der Waals surface area (Å²) in [5.41, 5.74) is 2.36. The van der Waals surface area contributed by atoms with Crippen molar-refractivity contribution in [2.24, 2.45) is 7.05 Å². The molecule has 1 unspecified atom stereocenters. The molecule has 5 heteroatoms. The number of methoxy groups -OCH3 is 1. The largest absolute Gasteiger partial charge is 0.495 e. The van der Waals surface area contributed by atoms with Gasteiger partial charge in [-0.25, -0.2) is 0 Å². The number of rotatable bonds is 2. The zero-order chi connectivity index (χ0) is 13.6. The van der Waals surface area contributed by atoms with Crippen molar-refractivity contribution >= 4 is 38.4 Å². The Hall–Kier alpha value is -0.710. The molecule has 0 amide bonds. The summed E-state index contributed by atoms with van der Waals surface area (Å²) in [5.74, 6) is 1.38. The number of ether oxygens (including phenoxy) is 1. The molecule has 0 bridgehead atoms. The molecule has 3 nitrogen and oxygen atoms in total. The predicted molar refractivity (Wildman–Crippen MR) is 82.4 cm³/mol. The van der Waals surface area contributed by atoms with E-state index in [1.54, 1.807) is 7.11 Å². The summed E-state index contributed by atoms with van der Waals surface area (Å²) in [5, 5.41) is 5.22. The van der Waals surface area contributed by atoms with Crippen molar-refractivity contribution in [3.8, 4) is 5.75 Å². The standard InChI is InChI=1S/C14H16BrClN2O/c1-18-13(8-5-6-17-7-8)12(15)11-9(16)3-4-10(19-2)14(11)18/h3-4,8,17H,5-7H2,1-2H3. The van der Waals surface area contributed by atoms with Crippen LogP contribution in [0.5, 0.6) is 5.75 Å². The first-order valence-corrected chi connectivity index (χ1v) is 7.53. The Balaban J connectivity index is 2.32. The predicted octanol–water partition coefficient (Wildman–Crippen LogP) is 3.68. The topological polar surface area (TPSA) is 26.2 Å². The Bertz CT molecular complexity index is 632. The smallest absolute Gasteiger partial charge is 0.143 e. The lowest BCUT2D eigenvalue weighted by molar-refractivity contribution is 0.417. The molecule has 1 aliphatic rings. The van der Waals surface area contributed by atoms with Crippen LogP contribution in [-0.2, 0) is 7.05 Å². The molecule has 3 rings (SSSR count).